The standard InChI is InChI=1S/C12H14ClN3O/c1-12(6-17-5-9(12)14)11-15-8-4-2-3-7(13)10(8)16-11/h2-4,9H,5-6,14H2,1H3,(H,15,16). The minimum absolute atomic E-state index is 0.0400. The second kappa shape index (κ2) is 3.70. The number of nitrogens with one attached hydrogen (secondary N) is 1. The van der Waals surface area contributed by atoms with Crippen molar-refractivity contribution in [2.24, 2.45) is 5.73 Å². The monoisotopic (exact) mass is 251 g/mol. The number of fused-ring (bicyclic) bond motifs is 1. The lowest BCUT2D eigenvalue weighted by atomic mass is 9.85. The van der Waals surface area contributed by atoms with Gasteiger partial charge in [0.1, 0.15) is 11.3 Å². The number of benzene rings is 1. The van der Waals surface area contributed by atoms with Crippen LogP contribution in [0.1, 0.15) is 12.7 Å². The van der Waals surface area contributed by atoms with Gasteiger partial charge in [0.15, 0.2) is 0 Å². The van der Waals surface area contributed by atoms with Gasteiger partial charge in [-0.3, -0.25) is 0 Å². The van der Waals surface area contributed by atoms with Crippen molar-refractivity contribution in [1.29, 1.82) is 0 Å². The number of ether oxygens (including phenoxy) is 1. The molecule has 2 heterocycles. The average molecular weight is 252 g/mol. The number of para-hydroxylation sites is 1. The first-order valence-corrected chi connectivity index (χ1v) is 5.97. The van der Waals surface area contributed by atoms with E-state index in [4.69, 9.17) is 22.1 Å². The van der Waals surface area contributed by atoms with Crippen molar-refractivity contribution in [2.75, 3.05) is 13.2 Å². The molecule has 90 valence electrons. The average Bonchev–Trinajstić information content (AvgIpc) is 2.86. The summed E-state index contributed by atoms with van der Waals surface area (Å²) in [7, 11) is 0. The van der Waals surface area contributed by atoms with Crippen LogP contribution in [0.4, 0.5) is 0 Å². The summed E-state index contributed by atoms with van der Waals surface area (Å²) in [6, 6.07) is 5.66. The fourth-order valence-corrected chi connectivity index (χ4v) is 2.42. The molecule has 0 bridgehead atoms. The molecule has 0 spiro atoms. The van der Waals surface area contributed by atoms with Gasteiger partial charge in [0, 0.05) is 6.04 Å². The Labute approximate surface area is 104 Å². The molecule has 1 aliphatic heterocycles. The molecule has 5 heteroatoms. The van der Waals surface area contributed by atoms with Crippen LogP contribution in [-0.2, 0) is 10.2 Å². The van der Waals surface area contributed by atoms with Crippen LogP contribution in [0.25, 0.3) is 11.0 Å². The molecule has 0 radical (unpaired) electrons. The normalized spacial score (nSPS) is 29.0. The Kier molecular flexibility index (Phi) is 2.40. The quantitative estimate of drug-likeness (QED) is 0.813. The highest BCUT2D eigenvalue weighted by atomic mass is 35.5. The maximum atomic E-state index is 6.11. The third kappa shape index (κ3) is 1.56. The van der Waals surface area contributed by atoms with Gasteiger partial charge >= 0.3 is 0 Å². The molecule has 0 saturated carbocycles. The smallest absolute Gasteiger partial charge is 0.117 e. The number of hydrogen-bond acceptors (Lipinski definition) is 3. The molecule has 1 aromatic carbocycles. The van der Waals surface area contributed by atoms with E-state index in [-0.39, 0.29) is 11.5 Å². The molecule has 3 rings (SSSR count). The Morgan fingerprint density at radius 1 is 1.59 bits per heavy atom. The van der Waals surface area contributed by atoms with Crippen molar-refractivity contribution >= 4 is 22.6 Å². The topological polar surface area (TPSA) is 63.9 Å². The summed E-state index contributed by atoms with van der Waals surface area (Å²) in [5.74, 6) is 0.852. The van der Waals surface area contributed by atoms with Crippen LogP contribution in [0, 0.1) is 0 Å². The molecular weight excluding hydrogens is 238 g/mol. The van der Waals surface area contributed by atoms with Gasteiger partial charge in [0.05, 0.1) is 29.2 Å². The first-order chi connectivity index (χ1) is 8.11. The molecule has 2 unspecified atom stereocenters. The first-order valence-electron chi connectivity index (χ1n) is 5.59. The maximum Gasteiger partial charge on any atom is 0.117 e. The number of aromatic nitrogens is 2. The van der Waals surface area contributed by atoms with Crippen molar-refractivity contribution in [1.82, 2.24) is 9.97 Å². The van der Waals surface area contributed by atoms with Gasteiger partial charge in [-0.25, -0.2) is 4.98 Å². The zero-order chi connectivity index (χ0) is 12.0. The van der Waals surface area contributed by atoms with Crippen LogP contribution in [0.5, 0.6) is 0 Å². The lowest BCUT2D eigenvalue weighted by Gasteiger charge is -2.23. The second-order valence-electron chi connectivity index (χ2n) is 4.76. The van der Waals surface area contributed by atoms with Crippen LogP contribution >= 0.6 is 11.6 Å². The summed E-state index contributed by atoms with van der Waals surface area (Å²) in [5, 5.41) is 0.654. The molecule has 3 N–H and O–H groups in total. The van der Waals surface area contributed by atoms with Gasteiger partial charge < -0.3 is 15.5 Å². The molecular formula is C12H14ClN3O. The number of halogens is 1. The fraction of sp³-hybridized carbons (Fsp3) is 0.417. The summed E-state index contributed by atoms with van der Waals surface area (Å²) in [6.45, 7) is 3.23. The van der Waals surface area contributed by atoms with Crippen LogP contribution in [0.15, 0.2) is 18.2 Å². The predicted octanol–water partition coefficient (Wildman–Crippen LogP) is 1.83. The van der Waals surface area contributed by atoms with E-state index in [9.17, 15) is 0 Å². The van der Waals surface area contributed by atoms with E-state index in [2.05, 4.69) is 16.9 Å². The minimum atomic E-state index is -0.262. The van der Waals surface area contributed by atoms with Crippen molar-refractivity contribution < 1.29 is 4.74 Å². The van der Waals surface area contributed by atoms with Gasteiger partial charge in [-0.15, -0.1) is 0 Å². The van der Waals surface area contributed by atoms with Crippen LogP contribution in [-0.4, -0.2) is 29.2 Å². The Balaban J connectivity index is 2.15. The van der Waals surface area contributed by atoms with Crippen molar-refractivity contribution in [3.63, 3.8) is 0 Å². The van der Waals surface area contributed by atoms with E-state index in [1.807, 2.05) is 18.2 Å². The number of imidazole rings is 1. The largest absolute Gasteiger partial charge is 0.379 e. The van der Waals surface area contributed by atoms with E-state index in [1.165, 1.54) is 0 Å². The Hall–Kier alpha value is -1.10. The zero-order valence-corrected chi connectivity index (χ0v) is 10.3. The summed E-state index contributed by atoms with van der Waals surface area (Å²) in [4.78, 5) is 7.86. The van der Waals surface area contributed by atoms with Crippen molar-refractivity contribution in [3.05, 3.63) is 29.0 Å². The van der Waals surface area contributed by atoms with E-state index in [0.717, 1.165) is 16.9 Å². The van der Waals surface area contributed by atoms with E-state index in [0.29, 0.717) is 18.2 Å². The van der Waals surface area contributed by atoms with Gasteiger partial charge in [0.2, 0.25) is 0 Å². The number of aromatic amines is 1. The molecule has 1 saturated heterocycles. The molecule has 4 nitrogen and oxygen atoms in total. The first kappa shape index (κ1) is 11.0. The summed E-state index contributed by atoms with van der Waals surface area (Å²) >= 11 is 6.11. The highest BCUT2D eigenvalue weighted by Crippen LogP contribution is 2.32. The van der Waals surface area contributed by atoms with Crippen LogP contribution < -0.4 is 5.73 Å². The van der Waals surface area contributed by atoms with Crippen molar-refractivity contribution in [2.45, 2.75) is 18.4 Å². The van der Waals surface area contributed by atoms with E-state index < -0.39 is 0 Å². The van der Waals surface area contributed by atoms with E-state index in [1.54, 1.807) is 0 Å². The molecule has 2 aromatic rings. The Morgan fingerprint density at radius 3 is 3.06 bits per heavy atom. The summed E-state index contributed by atoms with van der Waals surface area (Å²) in [5.41, 5.74) is 7.56. The molecule has 0 aliphatic carbocycles. The van der Waals surface area contributed by atoms with Gasteiger partial charge in [-0.2, -0.15) is 0 Å². The zero-order valence-electron chi connectivity index (χ0n) is 9.53. The predicted molar refractivity (Wildman–Crippen MR) is 67.3 cm³/mol. The van der Waals surface area contributed by atoms with E-state index >= 15 is 0 Å². The number of nitrogens with zero attached hydrogens (tertiary/aromatic N) is 1. The Bertz CT molecular complexity index is 568. The molecule has 2 atom stereocenters. The lowest BCUT2D eigenvalue weighted by Crippen LogP contribution is -2.42. The lowest BCUT2D eigenvalue weighted by molar-refractivity contribution is 0.178. The number of rotatable bonds is 1. The van der Waals surface area contributed by atoms with Crippen LogP contribution in [0.2, 0.25) is 5.02 Å². The molecule has 1 aromatic heterocycles. The number of H-pyrrole nitrogens is 1. The summed E-state index contributed by atoms with van der Waals surface area (Å²) < 4.78 is 5.44. The molecule has 1 fully saturated rings. The molecule has 17 heavy (non-hydrogen) atoms. The van der Waals surface area contributed by atoms with Gasteiger partial charge in [-0.1, -0.05) is 17.7 Å². The summed E-state index contributed by atoms with van der Waals surface area (Å²) in [6.07, 6.45) is 0. The maximum absolute atomic E-state index is 6.11. The fourth-order valence-electron chi connectivity index (χ4n) is 2.20. The number of hydrogen-bond donors (Lipinski definition) is 2. The van der Waals surface area contributed by atoms with Gasteiger partial charge in [-0.05, 0) is 19.1 Å². The number of nitrogens with two attached hydrogens (primary N) is 1. The SMILES string of the molecule is CC1(c2nc3c(Cl)cccc3[nH]2)COCC1N. The van der Waals surface area contributed by atoms with Crippen molar-refractivity contribution in [3.8, 4) is 0 Å². The second-order valence-corrected chi connectivity index (χ2v) is 5.17. The third-order valence-electron chi connectivity index (χ3n) is 3.52. The van der Waals surface area contributed by atoms with Crippen LogP contribution in [0.3, 0.4) is 0 Å². The third-order valence-corrected chi connectivity index (χ3v) is 3.83. The Morgan fingerprint density at radius 2 is 2.41 bits per heavy atom. The highest BCUT2D eigenvalue weighted by molar-refractivity contribution is 6.34. The highest BCUT2D eigenvalue weighted by Gasteiger charge is 2.41. The molecule has 0 amide bonds. The molecule has 1 aliphatic rings. The van der Waals surface area contributed by atoms with Gasteiger partial charge in [0.25, 0.3) is 0 Å². The minimum Gasteiger partial charge on any atom is -0.379 e.